The molecule has 0 saturated heterocycles. The Kier molecular flexibility index (Phi) is 1.28. The number of ketones is 1. The van der Waals surface area contributed by atoms with Gasteiger partial charge in [-0.1, -0.05) is 0 Å². The molecular weight excluding hydrogens is 178 g/mol. The van der Waals surface area contributed by atoms with Crippen molar-refractivity contribution in [1.29, 1.82) is 0 Å². The van der Waals surface area contributed by atoms with E-state index < -0.39 is 0 Å². The Morgan fingerprint density at radius 3 is 3.07 bits per heavy atom. The van der Waals surface area contributed by atoms with Crippen molar-refractivity contribution in [3.05, 3.63) is 41.4 Å². The van der Waals surface area contributed by atoms with Gasteiger partial charge in [-0.25, -0.2) is 9.98 Å². The molecule has 2 aliphatic rings. The van der Waals surface area contributed by atoms with Gasteiger partial charge in [0.25, 0.3) is 0 Å². The number of aromatic nitrogens is 1. The number of pyridine rings is 1. The van der Waals surface area contributed by atoms with E-state index in [0.29, 0.717) is 11.3 Å². The van der Waals surface area contributed by atoms with E-state index in [-0.39, 0.29) is 5.78 Å². The van der Waals surface area contributed by atoms with E-state index >= 15 is 0 Å². The van der Waals surface area contributed by atoms with Gasteiger partial charge in [0.2, 0.25) is 0 Å². The third-order valence-corrected chi connectivity index (χ3v) is 2.24. The molecule has 0 fully saturated rings. The van der Waals surface area contributed by atoms with Gasteiger partial charge in [-0.15, -0.1) is 0 Å². The fourth-order valence-electron chi connectivity index (χ4n) is 1.59. The maximum absolute atomic E-state index is 11.6. The first-order chi connectivity index (χ1) is 6.86. The first-order valence-electron chi connectivity index (χ1n) is 4.17. The standard InChI is InChI=1S/C10H5N3O/c14-9-3-8-10(13-5-12-8)7-4-11-2-1-6(7)9/h1-5H. The Morgan fingerprint density at radius 1 is 1.21 bits per heavy atom. The lowest BCUT2D eigenvalue weighted by molar-refractivity contribution is 0.104. The monoisotopic (exact) mass is 183 g/mol. The van der Waals surface area contributed by atoms with E-state index in [1.807, 2.05) is 0 Å². The van der Waals surface area contributed by atoms with Crippen molar-refractivity contribution in [3.63, 3.8) is 0 Å². The highest BCUT2D eigenvalue weighted by molar-refractivity contribution is 6.28. The van der Waals surface area contributed by atoms with Crippen LogP contribution in [0.4, 0.5) is 0 Å². The second kappa shape index (κ2) is 2.45. The Hall–Kier alpha value is -2.10. The molecule has 4 nitrogen and oxygen atoms in total. The molecule has 0 bridgehead atoms. The highest BCUT2D eigenvalue weighted by atomic mass is 16.1. The molecule has 0 unspecified atom stereocenters. The van der Waals surface area contributed by atoms with Gasteiger partial charge in [0.05, 0.1) is 5.70 Å². The van der Waals surface area contributed by atoms with Crippen molar-refractivity contribution >= 4 is 17.8 Å². The quantitative estimate of drug-likeness (QED) is 0.602. The lowest BCUT2D eigenvalue weighted by atomic mass is 9.94. The Morgan fingerprint density at radius 2 is 2.14 bits per heavy atom. The summed E-state index contributed by atoms with van der Waals surface area (Å²) in [4.78, 5) is 23.7. The first kappa shape index (κ1) is 7.32. The molecule has 1 aromatic rings. The fraction of sp³-hybridized carbons (Fsp3) is 0. The Balaban J connectivity index is 2.33. The van der Waals surface area contributed by atoms with Crippen LogP contribution in [0, 0.1) is 0 Å². The van der Waals surface area contributed by atoms with E-state index in [1.165, 1.54) is 12.4 Å². The van der Waals surface area contributed by atoms with E-state index in [1.54, 1.807) is 18.5 Å². The average molecular weight is 183 g/mol. The van der Waals surface area contributed by atoms with Crippen LogP contribution in [0.25, 0.3) is 0 Å². The molecule has 66 valence electrons. The molecular formula is C10H5N3O. The molecule has 0 radical (unpaired) electrons. The summed E-state index contributed by atoms with van der Waals surface area (Å²) in [6.07, 6.45) is 6.21. The normalized spacial score (nSPS) is 17.3. The fourth-order valence-corrected chi connectivity index (χ4v) is 1.59. The zero-order valence-corrected chi connectivity index (χ0v) is 7.14. The summed E-state index contributed by atoms with van der Waals surface area (Å²) in [6.45, 7) is 0. The van der Waals surface area contributed by atoms with Gasteiger partial charge in [0.15, 0.2) is 5.78 Å². The SMILES string of the molecule is O=C1C=C2N=CN=C2c2cnccc21. The number of hydrogen-bond acceptors (Lipinski definition) is 4. The van der Waals surface area contributed by atoms with Crippen molar-refractivity contribution < 1.29 is 4.79 Å². The molecule has 0 saturated carbocycles. The predicted octanol–water partition coefficient (Wildman–Crippen LogP) is 0.993. The number of nitrogens with zero attached hydrogens (tertiary/aromatic N) is 3. The van der Waals surface area contributed by atoms with Crippen LogP contribution in [-0.4, -0.2) is 22.8 Å². The molecule has 1 aliphatic carbocycles. The Labute approximate surface area is 79.7 Å². The molecule has 1 aliphatic heterocycles. The van der Waals surface area contributed by atoms with Crippen molar-refractivity contribution in [1.82, 2.24) is 4.98 Å². The Bertz CT molecular complexity index is 526. The molecule has 0 aromatic carbocycles. The van der Waals surface area contributed by atoms with Gasteiger partial charge in [0, 0.05) is 29.6 Å². The summed E-state index contributed by atoms with van der Waals surface area (Å²) in [7, 11) is 0. The highest BCUT2D eigenvalue weighted by Gasteiger charge is 2.24. The average Bonchev–Trinajstić information content (AvgIpc) is 2.66. The zero-order chi connectivity index (χ0) is 9.54. The van der Waals surface area contributed by atoms with Gasteiger partial charge in [-0.05, 0) is 6.07 Å². The predicted molar refractivity (Wildman–Crippen MR) is 51.7 cm³/mol. The number of carbonyl (C=O) groups excluding carboxylic acids is 1. The molecule has 4 heteroatoms. The minimum absolute atomic E-state index is 0.0320. The van der Waals surface area contributed by atoms with Crippen LogP contribution < -0.4 is 0 Å². The summed E-state index contributed by atoms with van der Waals surface area (Å²) in [5.41, 5.74) is 2.80. The van der Waals surface area contributed by atoms with Crippen LogP contribution in [0.2, 0.25) is 0 Å². The lowest BCUT2D eigenvalue weighted by Gasteiger charge is -2.11. The maximum atomic E-state index is 11.6. The molecule has 0 spiro atoms. The summed E-state index contributed by atoms with van der Waals surface area (Å²) < 4.78 is 0. The lowest BCUT2D eigenvalue weighted by Crippen LogP contribution is -2.15. The minimum Gasteiger partial charge on any atom is -0.289 e. The van der Waals surface area contributed by atoms with Crippen molar-refractivity contribution in [2.45, 2.75) is 0 Å². The third-order valence-electron chi connectivity index (χ3n) is 2.24. The maximum Gasteiger partial charge on any atom is 0.188 e. The number of fused-ring (bicyclic) bond motifs is 3. The van der Waals surface area contributed by atoms with Crippen LogP contribution >= 0.6 is 0 Å². The zero-order valence-electron chi connectivity index (χ0n) is 7.14. The van der Waals surface area contributed by atoms with Crippen molar-refractivity contribution in [2.75, 3.05) is 0 Å². The molecule has 14 heavy (non-hydrogen) atoms. The van der Waals surface area contributed by atoms with Crippen LogP contribution in [0.3, 0.4) is 0 Å². The molecule has 0 N–H and O–H groups in total. The third kappa shape index (κ3) is 0.821. The molecule has 2 heterocycles. The van der Waals surface area contributed by atoms with Gasteiger partial charge in [0.1, 0.15) is 12.1 Å². The van der Waals surface area contributed by atoms with Crippen molar-refractivity contribution in [2.24, 2.45) is 9.98 Å². The largest absolute Gasteiger partial charge is 0.289 e. The summed E-state index contributed by atoms with van der Waals surface area (Å²) >= 11 is 0. The van der Waals surface area contributed by atoms with Gasteiger partial charge in [-0.2, -0.15) is 0 Å². The second-order valence-electron chi connectivity index (χ2n) is 3.04. The van der Waals surface area contributed by atoms with E-state index in [0.717, 1.165) is 11.3 Å². The highest BCUT2D eigenvalue weighted by Crippen LogP contribution is 2.23. The first-order valence-corrected chi connectivity index (χ1v) is 4.17. The number of aliphatic imine (C=N–C) groups is 2. The molecule has 0 atom stereocenters. The van der Waals surface area contributed by atoms with E-state index in [9.17, 15) is 4.79 Å². The molecule has 1 aromatic heterocycles. The summed E-state index contributed by atoms with van der Waals surface area (Å²) in [6, 6.07) is 1.70. The van der Waals surface area contributed by atoms with Crippen LogP contribution in [-0.2, 0) is 0 Å². The van der Waals surface area contributed by atoms with Gasteiger partial charge < -0.3 is 0 Å². The van der Waals surface area contributed by atoms with Crippen LogP contribution in [0.5, 0.6) is 0 Å². The smallest absolute Gasteiger partial charge is 0.188 e. The number of hydrogen-bond donors (Lipinski definition) is 0. The van der Waals surface area contributed by atoms with E-state index in [2.05, 4.69) is 15.0 Å². The van der Waals surface area contributed by atoms with Gasteiger partial charge >= 0.3 is 0 Å². The van der Waals surface area contributed by atoms with Crippen LogP contribution in [0.15, 0.2) is 40.2 Å². The number of rotatable bonds is 0. The topological polar surface area (TPSA) is 54.7 Å². The molecule has 0 amide bonds. The summed E-state index contributed by atoms with van der Waals surface area (Å²) in [5, 5.41) is 0. The van der Waals surface area contributed by atoms with Gasteiger partial charge in [-0.3, -0.25) is 9.78 Å². The van der Waals surface area contributed by atoms with Crippen LogP contribution in [0.1, 0.15) is 15.9 Å². The van der Waals surface area contributed by atoms with E-state index in [4.69, 9.17) is 0 Å². The molecule has 3 rings (SSSR count). The minimum atomic E-state index is -0.0320. The number of carbonyl (C=O) groups is 1. The number of allylic oxidation sites excluding steroid dienone is 2. The second-order valence-corrected chi connectivity index (χ2v) is 3.04. The summed E-state index contributed by atoms with van der Waals surface area (Å²) in [5.74, 6) is -0.0320. The van der Waals surface area contributed by atoms with Crippen molar-refractivity contribution in [3.8, 4) is 0 Å².